The van der Waals surface area contributed by atoms with Gasteiger partial charge in [-0.3, -0.25) is 4.79 Å². The van der Waals surface area contributed by atoms with Crippen LogP contribution in [0.3, 0.4) is 0 Å². The van der Waals surface area contributed by atoms with Gasteiger partial charge in [-0.25, -0.2) is 0 Å². The van der Waals surface area contributed by atoms with Gasteiger partial charge in [0.05, 0.1) is 0 Å². The van der Waals surface area contributed by atoms with Crippen molar-refractivity contribution in [1.82, 2.24) is 0 Å². The lowest BCUT2D eigenvalue weighted by atomic mass is 10.1. The zero-order valence-corrected chi connectivity index (χ0v) is 5.97. The molecule has 0 aliphatic carbocycles. The molecule has 0 spiro atoms. The molecule has 1 aliphatic heterocycles. The van der Waals surface area contributed by atoms with E-state index in [-0.39, 0.29) is 12.8 Å². The molecular weight excluding hydrogens is 177 g/mol. The molecule has 12 heavy (non-hydrogen) atoms. The normalized spacial score (nSPS) is 27.0. The zero-order valence-electron chi connectivity index (χ0n) is 5.97. The van der Waals surface area contributed by atoms with Crippen LogP contribution < -0.4 is 0 Å². The van der Waals surface area contributed by atoms with Crippen molar-refractivity contribution in [2.24, 2.45) is 0 Å². The van der Waals surface area contributed by atoms with Gasteiger partial charge in [-0.15, -0.1) is 0 Å². The van der Waals surface area contributed by atoms with Gasteiger partial charge in [0, 0.05) is 6.42 Å². The Morgan fingerprint density at radius 3 is 2.50 bits per heavy atom. The van der Waals surface area contributed by atoms with Crippen LogP contribution in [-0.2, 0) is 9.53 Å². The molecule has 0 saturated carbocycles. The molecule has 0 amide bonds. The van der Waals surface area contributed by atoms with Crippen molar-refractivity contribution in [3.8, 4) is 0 Å². The van der Waals surface area contributed by atoms with E-state index in [4.69, 9.17) is 5.11 Å². The summed E-state index contributed by atoms with van der Waals surface area (Å²) in [5.41, 5.74) is 0. The van der Waals surface area contributed by atoms with Crippen LogP contribution in [-0.4, -0.2) is 29.5 Å². The summed E-state index contributed by atoms with van der Waals surface area (Å²) in [6, 6.07) is 0. The number of cyclic esters (lactones) is 1. The Balaban J connectivity index is 2.54. The van der Waals surface area contributed by atoms with Gasteiger partial charge >= 0.3 is 12.1 Å². The van der Waals surface area contributed by atoms with Gasteiger partial charge in [0.15, 0.2) is 6.10 Å². The van der Waals surface area contributed by atoms with Crippen LogP contribution in [0.1, 0.15) is 12.8 Å². The fourth-order valence-corrected chi connectivity index (χ4v) is 0.980. The molecule has 3 nitrogen and oxygen atoms in total. The third-order valence-corrected chi connectivity index (χ3v) is 1.60. The number of esters is 1. The van der Waals surface area contributed by atoms with Crippen molar-refractivity contribution >= 4 is 5.97 Å². The first kappa shape index (κ1) is 9.31. The van der Waals surface area contributed by atoms with Gasteiger partial charge in [-0.1, -0.05) is 0 Å². The van der Waals surface area contributed by atoms with Crippen LogP contribution in [0.4, 0.5) is 13.2 Å². The predicted molar refractivity (Wildman–Crippen MR) is 31.2 cm³/mol. The molecule has 0 radical (unpaired) electrons. The minimum Gasteiger partial charge on any atom is -0.459 e. The minimum absolute atomic E-state index is 0.0577. The standard InChI is InChI=1S/C6H7F3O3/c7-6(8,9)5(11)3-1-2-4(10)12-3/h3,5,11H,1-2H2/t3-,5-/m0/s1. The lowest BCUT2D eigenvalue weighted by Gasteiger charge is -2.19. The molecule has 0 aromatic heterocycles. The summed E-state index contributed by atoms with van der Waals surface area (Å²) in [6.07, 6.45) is -8.81. The topological polar surface area (TPSA) is 46.5 Å². The predicted octanol–water partition coefficient (Wildman–Crippen LogP) is 0.615. The van der Waals surface area contributed by atoms with Crippen molar-refractivity contribution < 1.29 is 27.8 Å². The van der Waals surface area contributed by atoms with Crippen molar-refractivity contribution in [1.29, 1.82) is 0 Å². The van der Waals surface area contributed by atoms with E-state index in [0.717, 1.165) is 0 Å². The molecule has 1 aliphatic rings. The van der Waals surface area contributed by atoms with Crippen LogP contribution in [0.25, 0.3) is 0 Å². The van der Waals surface area contributed by atoms with E-state index in [9.17, 15) is 18.0 Å². The van der Waals surface area contributed by atoms with Crippen LogP contribution in [0.2, 0.25) is 0 Å². The Morgan fingerprint density at radius 2 is 2.17 bits per heavy atom. The lowest BCUT2D eigenvalue weighted by molar-refractivity contribution is -0.230. The molecule has 1 rings (SSSR count). The number of aliphatic hydroxyl groups excluding tert-OH is 1. The summed E-state index contributed by atoms with van der Waals surface area (Å²) in [7, 11) is 0. The van der Waals surface area contributed by atoms with Crippen molar-refractivity contribution in [2.45, 2.75) is 31.2 Å². The summed E-state index contributed by atoms with van der Waals surface area (Å²) in [5, 5.41) is 8.60. The third kappa shape index (κ3) is 1.88. The van der Waals surface area contributed by atoms with E-state index in [0.29, 0.717) is 0 Å². The number of halogens is 3. The lowest BCUT2D eigenvalue weighted by Crippen LogP contribution is -2.39. The molecule has 2 atom stereocenters. The molecule has 70 valence electrons. The highest BCUT2D eigenvalue weighted by Crippen LogP contribution is 2.28. The number of carbonyl (C=O) groups excluding carboxylic acids is 1. The maximum absolute atomic E-state index is 11.8. The molecule has 0 aromatic carbocycles. The van der Waals surface area contributed by atoms with E-state index >= 15 is 0 Å². The first-order chi connectivity index (χ1) is 5.41. The van der Waals surface area contributed by atoms with Crippen LogP contribution in [0.5, 0.6) is 0 Å². The molecular formula is C6H7F3O3. The number of aliphatic hydroxyl groups is 1. The second-order valence-corrected chi connectivity index (χ2v) is 2.55. The van der Waals surface area contributed by atoms with Crippen LogP contribution >= 0.6 is 0 Å². The Kier molecular flexibility index (Phi) is 2.27. The van der Waals surface area contributed by atoms with E-state index < -0.39 is 24.4 Å². The number of ether oxygens (including phenoxy) is 1. The fraction of sp³-hybridized carbons (Fsp3) is 0.833. The van der Waals surface area contributed by atoms with E-state index in [1.165, 1.54) is 0 Å². The molecule has 0 aromatic rings. The molecule has 6 heteroatoms. The SMILES string of the molecule is O=C1CC[C@@H]([C@H](O)C(F)(F)F)O1. The molecule has 1 heterocycles. The van der Waals surface area contributed by atoms with Crippen molar-refractivity contribution in [3.05, 3.63) is 0 Å². The average molecular weight is 184 g/mol. The smallest absolute Gasteiger partial charge is 0.418 e. The highest BCUT2D eigenvalue weighted by Gasteiger charge is 2.47. The maximum atomic E-state index is 11.8. The van der Waals surface area contributed by atoms with E-state index in [1.54, 1.807) is 0 Å². The van der Waals surface area contributed by atoms with Crippen molar-refractivity contribution in [2.75, 3.05) is 0 Å². The Bertz CT molecular complexity index is 189. The molecule has 1 saturated heterocycles. The van der Waals surface area contributed by atoms with Gasteiger partial charge in [0.25, 0.3) is 0 Å². The first-order valence-electron chi connectivity index (χ1n) is 3.35. The highest BCUT2D eigenvalue weighted by atomic mass is 19.4. The zero-order chi connectivity index (χ0) is 9.35. The highest BCUT2D eigenvalue weighted by molar-refractivity contribution is 5.71. The average Bonchev–Trinajstić information content (AvgIpc) is 2.32. The van der Waals surface area contributed by atoms with E-state index in [1.807, 2.05) is 0 Å². The third-order valence-electron chi connectivity index (χ3n) is 1.60. The van der Waals surface area contributed by atoms with Gasteiger partial charge in [0.2, 0.25) is 0 Å². The first-order valence-corrected chi connectivity index (χ1v) is 3.35. The summed E-state index contributed by atoms with van der Waals surface area (Å²) in [5.74, 6) is -0.691. The monoisotopic (exact) mass is 184 g/mol. The number of carbonyl (C=O) groups is 1. The molecule has 0 unspecified atom stereocenters. The Hall–Kier alpha value is -0.780. The van der Waals surface area contributed by atoms with Crippen molar-refractivity contribution in [3.63, 3.8) is 0 Å². The van der Waals surface area contributed by atoms with E-state index in [2.05, 4.69) is 4.74 Å². The minimum atomic E-state index is -4.71. The largest absolute Gasteiger partial charge is 0.459 e. The summed E-state index contributed by atoms with van der Waals surface area (Å²) >= 11 is 0. The Morgan fingerprint density at radius 1 is 1.58 bits per heavy atom. The quantitative estimate of drug-likeness (QED) is 0.607. The summed E-state index contributed by atoms with van der Waals surface area (Å²) in [4.78, 5) is 10.4. The van der Waals surface area contributed by atoms with Gasteiger partial charge in [-0.05, 0) is 6.42 Å². The molecule has 1 N–H and O–H groups in total. The van der Waals surface area contributed by atoms with Gasteiger partial charge < -0.3 is 9.84 Å². The number of hydrogen-bond acceptors (Lipinski definition) is 3. The fourth-order valence-electron chi connectivity index (χ4n) is 0.980. The molecule has 0 bridgehead atoms. The van der Waals surface area contributed by atoms with Gasteiger partial charge in [0.1, 0.15) is 6.10 Å². The molecule has 1 fully saturated rings. The van der Waals surface area contributed by atoms with Crippen LogP contribution in [0.15, 0.2) is 0 Å². The van der Waals surface area contributed by atoms with Gasteiger partial charge in [-0.2, -0.15) is 13.2 Å². The maximum Gasteiger partial charge on any atom is 0.418 e. The second kappa shape index (κ2) is 2.93. The Labute approximate surface area is 66.1 Å². The number of rotatable bonds is 1. The van der Waals surface area contributed by atoms with Crippen LogP contribution in [0, 0.1) is 0 Å². The number of alkyl halides is 3. The summed E-state index contributed by atoms with van der Waals surface area (Å²) < 4.78 is 39.6. The number of hydrogen-bond donors (Lipinski definition) is 1. The second-order valence-electron chi connectivity index (χ2n) is 2.55. The summed E-state index contributed by atoms with van der Waals surface area (Å²) in [6.45, 7) is 0.